The zero-order valence-electron chi connectivity index (χ0n) is 13.7. The van der Waals surface area contributed by atoms with Gasteiger partial charge in [0.25, 0.3) is 0 Å². The van der Waals surface area contributed by atoms with Crippen LogP contribution in [0.4, 0.5) is 0 Å². The van der Waals surface area contributed by atoms with Crippen molar-refractivity contribution < 1.29 is 4.79 Å². The van der Waals surface area contributed by atoms with Gasteiger partial charge in [0.15, 0.2) is 0 Å². The van der Waals surface area contributed by atoms with Crippen LogP contribution in [-0.2, 0) is 11.3 Å². The summed E-state index contributed by atoms with van der Waals surface area (Å²) < 4.78 is 0. The number of H-pyrrole nitrogens is 1. The average molecular weight is 340 g/mol. The van der Waals surface area contributed by atoms with Crippen molar-refractivity contribution in [3.63, 3.8) is 0 Å². The molecule has 0 fully saturated rings. The Morgan fingerprint density at radius 2 is 2.12 bits per heavy atom. The largest absolute Gasteiger partial charge is 0.350 e. The van der Waals surface area contributed by atoms with Gasteiger partial charge in [-0.1, -0.05) is 18.2 Å². The van der Waals surface area contributed by atoms with Gasteiger partial charge < -0.3 is 10.3 Å². The summed E-state index contributed by atoms with van der Waals surface area (Å²) in [4.78, 5) is 24.2. The van der Waals surface area contributed by atoms with Crippen LogP contribution < -0.4 is 5.32 Å². The molecule has 3 aromatic rings. The maximum absolute atomic E-state index is 12.0. The highest BCUT2D eigenvalue weighted by Crippen LogP contribution is 2.27. The molecule has 0 radical (unpaired) electrons. The Labute approximate surface area is 145 Å². The van der Waals surface area contributed by atoms with E-state index >= 15 is 0 Å². The number of aromatic nitrogens is 3. The zero-order valence-corrected chi connectivity index (χ0v) is 14.6. The Bertz CT molecular complexity index is 813. The number of aromatic amines is 1. The van der Waals surface area contributed by atoms with Crippen LogP contribution in [0, 0.1) is 6.92 Å². The number of amides is 1. The second kappa shape index (κ2) is 7.49. The molecule has 0 aliphatic carbocycles. The number of imidazole rings is 1. The molecule has 1 atom stereocenters. The minimum Gasteiger partial charge on any atom is -0.350 e. The first-order valence-corrected chi connectivity index (χ1v) is 8.92. The van der Waals surface area contributed by atoms with Gasteiger partial charge in [-0.2, -0.15) is 0 Å². The van der Waals surface area contributed by atoms with Crippen molar-refractivity contribution in [2.45, 2.75) is 25.6 Å². The summed E-state index contributed by atoms with van der Waals surface area (Å²) in [6.45, 7) is 4.51. The Hall–Kier alpha value is -2.34. The fourth-order valence-electron chi connectivity index (χ4n) is 2.38. The van der Waals surface area contributed by atoms with E-state index in [4.69, 9.17) is 0 Å². The molecule has 2 aromatic heterocycles. The van der Waals surface area contributed by atoms with E-state index in [0.29, 0.717) is 12.3 Å². The minimum atomic E-state index is 0.00742. The molecular weight excluding hydrogens is 320 g/mol. The highest BCUT2D eigenvalue weighted by molar-refractivity contribution is 8.00. The maximum atomic E-state index is 12.0. The maximum Gasteiger partial charge on any atom is 0.230 e. The SMILES string of the molecule is Cc1cccnc1CNC(=O)CS[C@H](C)c1nc2ccccc2[nH]1. The molecule has 24 heavy (non-hydrogen) atoms. The van der Waals surface area contributed by atoms with E-state index in [-0.39, 0.29) is 11.2 Å². The Morgan fingerprint density at radius 1 is 1.29 bits per heavy atom. The van der Waals surface area contributed by atoms with Crippen molar-refractivity contribution >= 4 is 28.7 Å². The van der Waals surface area contributed by atoms with Gasteiger partial charge >= 0.3 is 0 Å². The zero-order chi connectivity index (χ0) is 16.9. The van der Waals surface area contributed by atoms with Crippen LogP contribution in [0.3, 0.4) is 0 Å². The number of aryl methyl sites for hydroxylation is 1. The molecule has 1 amide bonds. The Balaban J connectivity index is 1.51. The summed E-state index contributed by atoms with van der Waals surface area (Å²) in [5, 5.41) is 3.05. The first kappa shape index (κ1) is 16.5. The summed E-state index contributed by atoms with van der Waals surface area (Å²) in [7, 11) is 0. The van der Waals surface area contributed by atoms with Gasteiger partial charge in [0.1, 0.15) is 5.82 Å². The highest BCUT2D eigenvalue weighted by Gasteiger charge is 2.13. The van der Waals surface area contributed by atoms with Crippen LogP contribution in [0.1, 0.15) is 29.3 Å². The molecule has 0 spiro atoms. The average Bonchev–Trinajstić information content (AvgIpc) is 3.03. The quantitative estimate of drug-likeness (QED) is 0.722. The van der Waals surface area contributed by atoms with Crippen LogP contribution in [0.25, 0.3) is 11.0 Å². The van der Waals surface area contributed by atoms with Gasteiger partial charge in [-0.3, -0.25) is 9.78 Å². The first-order chi connectivity index (χ1) is 11.6. The number of carbonyl (C=O) groups excluding carboxylic acids is 1. The third kappa shape index (κ3) is 3.94. The lowest BCUT2D eigenvalue weighted by molar-refractivity contribution is -0.118. The molecule has 2 heterocycles. The molecule has 0 unspecified atom stereocenters. The van der Waals surface area contributed by atoms with Crippen molar-refractivity contribution in [2.75, 3.05) is 5.75 Å². The van der Waals surface area contributed by atoms with E-state index in [1.54, 1.807) is 18.0 Å². The fourth-order valence-corrected chi connectivity index (χ4v) is 3.15. The van der Waals surface area contributed by atoms with Crippen molar-refractivity contribution in [3.8, 4) is 0 Å². The Kier molecular flexibility index (Phi) is 5.15. The number of fused-ring (bicyclic) bond motifs is 1. The van der Waals surface area contributed by atoms with Crippen LogP contribution in [0.15, 0.2) is 42.6 Å². The number of thioether (sulfide) groups is 1. The van der Waals surface area contributed by atoms with E-state index in [1.165, 1.54) is 0 Å². The van der Waals surface area contributed by atoms with E-state index in [0.717, 1.165) is 28.1 Å². The van der Waals surface area contributed by atoms with Crippen LogP contribution in [-0.4, -0.2) is 26.6 Å². The van der Waals surface area contributed by atoms with Crippen molar-refractivity contribution in [2.24, 2.45) is 0 Å². The molecule has 3 rings (SSSR count). The van der Waals surface area contributed by atoms with E-state index in [9.17, 15) is 4.79 Å². The van der Waals surface area contributed by atoms with Crippen LogP contribution >= 0.6 is 11.8 Å². The van der Waals surface area contributed by atoms with Gasteiger partial charge in [0, 0.05) is 6.20 Å². The third-order valence-corrected chi connectivity index (χ3v) is 4.98. The number of benzene rings is 1. The number of nitrogens with zero attached hydrogens (tertiary/aromatic N) is 2. The molecule has 0 saturated heterocycles. The molecule has 1 aromatic carbocycles. The molecule has 0 aliphatic rings. The van der Waals surface area contributed by atoms with E-state index < -0.39 is 0 Å². The molecule has 6 heteroatoms. The summed E-state index contributed by atoms with van der Waals surface area (Å²) in [5.74, 6) is 1.30. The molecule has 124 valence electrons. The van der Waals surface area contributed by atoms with Gasteiger partial charge in [-0.05, 0) is 37.6 Å². The Morgan fingerprint density at radius 3 is 2.92 bits per heavy atom. The molecule has 0 saturated carbocycles. The van der Waals surface area contributed by atoms with Gasteiger partial charge in [-0.25, -0.2) is 4.98 Å². The number of para-hydroxylation sites is 2. The summed E-state index contributed by atoms with van der Waals surface area (Å²) >= 11 is 1.57. The predicted octanol–water partition coefficient (Wildman–Crippen LogP) is 3.38. The normalized spacial score (nSPS) is 12.2. The van der Waals surface area contributed by atoms with Crippen molar-refractivity contribution in [1.82, 2.24) is 20.3 Å². The second-order valence-electron chi connectivity index (χ2n) is 5.64. The molecule has 5 nitrogen and oxygen atoms in total. The van der Waals surface area contributed by atoms with E-state index in [2.05, 4.69) is 27.2 Å². The summed E-state index contributed by atoms with van der Waals surface area (Å²) in [6.07, 6.45) is 1.74. The number of nitrogens with one attached hydrogen (secondary N) is 2. The minimum absolute atomic E-state index is 0.00742. The van der Waals surface area contributed by atoms with E-state index in [1.807, 2.05) is 43.3 Å². The summed E-state index contributed by atoms with van der Waals surface area (Å²) in [6, 6.07) is 11.8. The lowest BCUT2D eigenvalue weighted by atomic mass is 10.2. The second-order valence-corrected chi connectivity index (χ2v) is 6.97. The van der Waals surface area contributed by atoms with Gasteiger partial charge in [-0.15, -0.1) is 11.8 Å². The van der Waals surface area contributed by atoms with Crippen molar-refractivity contribution in [1.29, 1.82) is 0 Å². The standard InChI is InChI=1S/C18H20N4OS/c1-12-6-5-9-19-16(12)10-20-17(23)11-24-13(2)18-21-14-7-3-4-8-15(14)22-18/h3-9,13H,10-11H2,1-2H3,(H,20,23)(H,21,22)/t13-/m1/s1. The van der Waals surface area contributed by atoms with Crippen molar-refractivity contribution in [3.05, 3.63) is 59.7 Å². The number of pyridine rings is 1. The lowest BCUT2D eigenvalue weighted by Crippen LogP contribution is -2.25. The molecular formula is C18H20N4OS. The monoisotopic (exact) mass is 340 g/mol. The van der Waals surface area contributed by atoms with Crippen LogP contribution in [0.2, 0.25) is 0 Å². The lowest BCUT2D eigenvalue weighted by Gasteiger charge is -2.09. The summed E-state index contributed by atoms with van der Waals surface area (Å²) in [5.41, 5.74) is 3.97. The molecule has 0 aliphatic heterocycles. The predicted molar refractivity (Wildman–Crippen MR) is 97.8 cm³/mol. The highest BCUT2D eigenvalue weighted by atomic mass is 32.2. The van der Waals surface area contributed by atoms with Crippen LogP contribution in [0.5, 0.6) is 0 Å². The van der Waals surface area contributed by atoms with Gasteiger partial charge in [0.05, 0.1) is 34.3 Å². The molecule has 2 N–H and O–H groups in total. The number of hydrogen-bond acceptors (Lipinski definition) is 4. The third-order valence-electron chi connectivity index (χ3n) is 3.83. The number of rotatable bonds is 6. The smallest absolute Gasteiger partial charge is 0.230 e. The fraction of sp³-hybridized carbons (Fsp3) is 0.278. The van der Waals surface area contributed by atoms with Gasteiger partial charge in [0.2, 0.25) is 5.91 Å². The molecule has 0 bridgehead atoms. The first-order valence-electron chi connectivity index (χ1n) is 7.87. The number of carbonyl (C=O) groups is 1. The number of hydrogen-bond donors (Lipinski definition) is 2. The topological polar surface area (TPSA) is 70.7 Å².